The Bertz CT molecular complexity index is 280. The summed E-state index contributed by atoms with van der Waals surface area (Å²) < 4.78 is 0. The molecule has 2 aliphatic carbocycles. The first-order valence-electron chi connectivity index (χ1n) is 6.06. The van der Waals surface area contributed by atoms with E-state index in [4.69, 9.17) is 5.11 Å². The lowest BCUT2D eigenvalue weighted by molar-refractivity contribution is -0.138. The van der Waals surface area contributed by atoms with Crippen LogP contribution in [0, 0.1) is 17.8 Å². The van der Waals surface area contributed by atoms with Crippen LogP contribution in [0.15, 0.2) is 11.6 Å². The molecule has 0 heterocycles. The van der Waals surface area contributed by atoms with Gasteiger partial charge in [-0.25, -0.2) is 0 Å². The van der Waals surface area contributed by atoms with E-state index in [9.17, 15) is 4.79 Å². The second kappa shape index (κ2) is 4.38. The Morgan fingerprint density at radius 1 is 1.47 bits per heavy atom. The van der Waals surface area contributed by atoms with E-state index < -0.39 is 5.97 Å². The van der Waals surface area contributed by atoms with Crippen LogP contribution < -0.4 is 0 Å². The van der Waals surface area contributed by atoms with Crippen LogP contribution in [-0.4, -0.2) is 11.1 Å². The summed E-state index contributed by atoms with van der Waals surface area (Å²) in [7, 11) is 0. The monoisotopic (exact) mass is 208 g/mol. The molecule has 0 radical (unpaired) electrons. The Labute approximate surface area is 91.4 Å². The predicted octanol–water partition coefficient (Wildman–Crippen LogP) is 3.23. The number of allylic oxidation sites excluding steroid dienone is 2. The number of carbonyl (C=O) groups is 1. The Kier molecular flexibility index (Phi) is 3.13. The molecule has 1 unspecified atom stereocenters. The van der Waals surface area contributed by atoms with Crippen LogP contribution in [-0.2, 0) is 4.79 Å². The number of carboxylic acid groups (broad SMARTS) is 1. The number of carboxylic acids is 1. The summed E-state index contributed by atoms with van der Waals surface area (Å²) in [5.41, 5.74) is 1.47. The highest BCUT2D eigenvalue weighted by atomic mass is 16.4. The van der Waals surface area contributed by atoms with Crippen LogP contribution >= 0.6 is 0 Å². The number of aliphatic carboxylic acids is 1. The van der Waals surface area contributed by atoms with E-state index in [0.29, 0.717) is 18.3 Å². The van der Waals surface area contributed by atoms with Crippen molar-refractivity contribution in [1.82, 2.24) is 0 Å². The van der Waals surface area contributed by atoms with Crippen LogP contribution in [0.3, 0.4) is 0 Å². The molecule has 0 aliphatic heterocycles. The molecule has 0 aromatic carbocycles. The molecule has 0 bridgehead atoms. The van der Waals surface area contributed by atoms with Gasteiger partial charge in [-0.05, 0) is 50.4 Å². The molecule has 0 saturated heterocycles. The van der Waals surface area contributed by atoms with E-state index in [2.05, 4.69) is 13.0 Å². The molecule has 84 valence electrons. The molecule has 0 spiro atoms. The third-order valence-corrected chi connectivity index (χ3v) is 4.06. The van der Waals surface area contributed by atoms with Crippen molar-refractivity contribution < 1.29 is 9.90 Å². The third-order valence-electron chi connectivity index (χ3n) is 4.06. The van der Waals surface area contributed by atoms with Gasteiger partial charge >= 0.3 is 5.97 Å². The highest BCUT2D eigenvalue weighted by molar-refractivity contribution is 5.67. The molecule has 3 atom stereocenters. The summed E-state index contributed by atoms with van der Waals surface area (Å²) in [5, 5.41) is 8.90. The minimum Gasteiger partial charge on any atom is -0.481 e. The van der Waals surface area contributed by atoms with Gasteiger partial charge in [-0.1, -0.05) is 18.1 Å². The Hall–Kier alpha value is -0.790. The summed E-state index contributed by atoms with van der Waals surface area (Å²) in [4.78, 5) is 10.8. The van der Waals surface area contributed by atoms with Crippen LogP contribution in [0.2, 0.25) is 0 Å². The average Bonchev–Trinajstić information content (AvgIpc) is 2.18. The normalized spacial score (nSPS) is 35.5. The quantitative estimate of drug-likeness (QED) is 0.707. The topological polar surface area (TPSA) is 37.3 Å². The zero-order valence-electron chi connectivity index (χ0n) is 9.41. The first-order chi connectivity index (χ1) is 7.16. The fourth-order valence-electron chi connectivity index (χ4n) is 3.31. The molecule has 0 aromatic heterocycles. The van der Waals surface area contributed by atoms with Gasteiger partial charge in [0.1, 0.15) is 0 Å². The standard InChI is InChI=1S/C13H20O2/c1-9-5-6-10-3-2-4-11(8-13(14)15)12(10)7-9/h7,10-12H,2-6,8H2,1H3,(H,14,15)/t10-,11?,12+/m1/s1. The molecule has 1 saturated carbocycles. The maximum atomic E-state index is 10.8. The number of fused-ring (bicyclic) bond motifs is 1. The summed E-state index contributed by atoms with van der Waals surface area (Å²) in [6.07, 6.45) is 8.88. The highest BCUT2D eigenvalue weighted by Gasteiger charge is 2.34. The van der Waals surface area contributed by atoms with E-state index in [1.807, 2.05) is 0 Å². The molecule has 2 rings (SSSR count). The molecule has 1 fully saturated rings. The molecular weight excluding hydrogens is 188 g/mol. The van der Waals surface area contributed by atoms with E-state index >= 15 is 0 Å². The first-order valence-corrected chi connectivity index (χ1v) is 6.06. The van der Waals surface area contributed by atoms with Gasteiger partial charge in [0.05, 0.1) is 0 Å². The van der Waals surface area contributed by atoms with Crippen molar-refractivity contribution in [2.24, 2.45) is 17.8 Å². The zero-order chi connectivity index (χ0) is 10.8. The van der Waals surface area contributed by atoms with E-state index in [-0.39, 0.29) is 0 Å². The van der Waals surface area contributed by atoms with Gasteiger partial charge in [-0.3, -0.25) is 4.79 Å². The second-order valence-corrected chi connectivity index (χ2v) is 5.18. The summed E-state index contributed by atoms with van der Waals surface area (Å²) >= 11 is 0. The maximum absolute atomic E-state index is 10.8. The van der Waals surface area contributed by atoms with Gasteiger partial charge in [0.15, 0.2) is 0 Å². The van der Waals surface area contributed by atoms with Crippen molar-refractivity contribution in [3.63, 3.8) is 0 Å². The van der Waals surface area contributed by atoms with Gasteiger partial charge in [-0.2, -0.15) is 0 Å². The molecule has 15 heavy (non-hydrogen) atoms. The van der Waals surface area contributed by atoms with Crippen LogP contribution in [0.5, 0.6) is 0 Å². The van der Waals surface area contributed by atoms with E-state index in [1.54, 1.807) is 0 Å². The first kappa shape index (κ1) is 10.7. The maximum Gasteiger partial charge on any atom is 0.303 e. The van der Waals surface area contributed by atoms with Gasteiger partial charge in [-0.15, -0.1) is 0 Å². The average molecular weight is 208 g/mol. The van der Waals surface area contributed by atoms with Gasteiger partial charge in [0, 0.05) is 6.42 Å². The molecule has 0 aromatic rings. The minimum absolute atomic E-state index is 0.366. The molecule has 0 amide bonds. The van der Waals surface area contributed by atoms with E-state index in [0.717, 1.165) is 12.3 Å². The largest absolute Gasteiger partial charge is 0.481 e. The Balaban J connectivity index is 2.10. The third kappa shape index (κ3) is 2.42. The lowest BCUT2D eigenvalue weighted by Crippen LogP contribution is -2.30. The number of hydrogen-bond donors (Lipinski definition) is 1. The van der Waals surface area contributed by atoms with Crippen molar-refractivity contribution in [2.75, 3.05) is 0 Å². The van der Waals surface area contributed by atoms with Crippen molar-refractivity contribution >= 4 is 5.97 Å². The van der Waals surface area contributed by atoms with Crippen LogP contribution in [0.1, 0.15) is 45.4 Å². The number of hydrogen-bond acceptors (Lipinski definition) is 1. The summed E-state index contributed by atoms with van der Waals surface area (Å²) in [5.74, 6) is 1.10. The second-order valence-electron chi connectivity index (χ2n) is 5.18. The van der Waals surface area contributed by atoms with Crippen molar-refractivity contribution in [3.05, 3.63) is 11.6 Å². The van der Waals surface area contributed by atoms with Gasteiger partial charge < -0.3 is 5.11 Å². The van der Waals surface area contributed by atoms with Crippen molar-refractivity contribution in [2.45, 2.75) is 45.4 Å². The molecule has 1 N–H and O–H groups in total. The molecule has 2 nitrogen and oxygen atoms in total. The van der Waals surface area contributed by atoms with Gasteiger partial charge in [0.25, 0.3) is 0 Å². The highest BCUT2D eigenvalue weighted by Crippen LogP contribution is 2.43. The Morgan fingerprint density at radius 3 is 3.00 bits per heavy atom. The molecule has 2 heteroatoms. The molecule has 2 aliphatic rings. The SMILES string of the molecule is CC1=C[C@@H]2C(CC(=O)O)CCC[C@@H]2CC1. The summed E-state index contributed by atoms with van der Waals surface area (Å²) in [6.45, 7) is 2.18. The fourth-order valence-corrected chi connectivity index (χ4v) is 3.31. The van der Waals surface area contributed by atoms with Crippen molar-refractivity contribution in [3.8, 4) is 0 Å². The lowest BCUT2D eigenvalue weighted by Gasteiger charge is -2.39. The van der Waals surface area contributed by atoms with E-state index in [1.165, 1.54) is 31.3 Å². The number of rotatable bonds is 2. The lowest BCUT2D eigenvalue weighted by atomic mass is 9.66. The van der Waals surface area contributed by atoms with Crippen LogP contribution in [0.4, 0.5) is 0 Å². The molecular formula is C13H20O2. The predicted molar refractivity (Wildman–Crippen MR) is 59.6 cm³/mol. The minimum atomic E-state index is -0.628. The fraction of sp³-hybridized carbons (Fsp3) is 0.769. The van der Waals surface area contributed by atoms with Gasteiger partial charge in [0.2, 0.25) is 0 Å². The van der Waals surface area contributed by atoms with Crippen molar-refractivity contribution in [1.29, 1.82) is 0 Å². The zero-order valence-corrected chi connectivity index (χ0v) is 9.41. The Morgan fingerprint density at radius 2 is 2.27 bits per heavy atom. The van der Waals surface area contributed by atoms with Crippen LogP contribution in [0.25, 0.3) is 0 Å². The smallest absolute Gasteiger partial charge is 0.303 e. The summed E-state index contributed by atoms with van der Waals surface area (Å²) in [6, 6.07) is 0.